The van der Waals surface area contributed by atoms with Gasteiger partial charge in [0.1, 0.15) is 29.1 Å². The molecule has 240 valence electrons. The number of imidazole rings is 1. The van der Waals surface area contributed by atoms with E-state index >= 15 is 0 Å². The van der Waals surface area contributed by atoms with Crippen molar-refractivity contribution in [2.75, 3.05) is 25.4 Å². The average Bonchev–Trinajstić information content (AvgIpc) is 3.55. The Kier molecular flexibility index (Phi) is 10.8. The van der Waals surface area contributed by atoms with Gasteiger partial charge in [-0.05, 0) is 56.9 Å². The number of nitrogens with one attached hydrogen (secondary N) is 3. The SMILES string of the molecule is C[C@H](NC(=O)OC(C)(C)C)c1nc(SCC(=O)NCCNC(=O)OCC2c3ccccc3-c3ccccc32)cn1[C@@H](C)C(=O)O. The highest BCUT2D eigenvalue weighted by Crippen LogP contribution is 2.44. The van der Waals surface area contributed by atoms with Gasteiger partial charge in [-0.1, -0.05) is 60.3 Å². The molecule has 1 heterocycles. The molecule has 2 aromatic carbocycles. The first kappa shape index (κ1) is 33.4. The molecular weight excluding hydrogens is 598 g/mol. The van der Waals surface area contributed by atoms with Crippen LogP contribution in [-0.4, -0.2) is 69.8 Å². The molecule has 0 spiro atoms. The largest absolute Gasteiger partial charge is 0.480 e. The second-order valence-corrected chi connectivity index (χ2v) is 12.6. The van der Waals surface area contributed by atoms with Gasteiger partial charge in [-0.2, -0.15) is 0 Å². The lowest BCUT2D eigenvalue weighted by atomic mass is 9.98. The van der Waals surface area contributed by atoms with Gasteiger partial charge in [-0.3, -0.25) is 4.79 Å². The third-order valence-electron chi connectivity index (χ3n) is 7.05. The molecule has 1 aliphatic rings. The zero-order valence-corrected chi connectivity index (χ0v) is 26.8. The molecule has 1 aliphatic carbocycles. The number of carbonyl (C=O) groups is 4. The van der Waals surface area contributed by atoms with Gasteiger partial charge < -0.3 is 35.1 Å². The molecule has 0 fully saturated rings. The van der Waals surface area contributed by atoms with Crippen molar-refractivity contribution in [1.29, 1.82) is 0 Å². The third kappa shape index (κ3) is 8.78. The van der Waals surface area contributed by atoms with Gasteiger partial charge in [0.05, 0.1) is 11.8 Å². The predicted molar refractivity (Wildman–Crippen MR) is 169 cm³/mol. The first-order chi connectivity index (χ1) is 21.3. The monoisotopic (exact) mass is 637 g/mol. The molecule has 2 atom stereocenters. The lowest BCUT2D eigenvalue weighted by Crippen LogP contribution is -2.36. The van der Waals surface area contributed by atoms with Crippen LogP contribution in [0.15, 0.2) is 59.8 Å². The number of alkyl carbamates (subject to hydrolysis) is 2. The molecule has 13 heteroatoms. The van der Waals surface area contributed by atoms with Crippen LogP contribution < -0.4 is 16.0 Å². The van der Waals surface area contributed by atoms with Gasteiger partial charge in [0, 0.05) is 25.2 Å². The Hall–Kier alpha value is -4.52. The summed E-state index contributed by atoms with van der Waals surface area (Å²) >= 11 is 1.12. The van der Waals surface area contributed by atoms with Gasteiger partial charge in [0.15, 0.2) is 0 Å². The number of carbonyl (C=O) groups excluding carboxylic acids is 3. The number of thioether (sulfide) groups is 1. The van der Waals surface area contributed by atoms with Crippen molar-refractivity contribution >= 4 is 35.8 Å². The predicted octanol–water partition coefficient (Wildman–Crippen LogP) is 4.86. The number of aromatic nitrogens is 2. The summed E-state index contributed by atoms with van der Waals surface area (Å²) in [5.74, 6) is -1.09. The van der Waals surface area contributed by atoms with Crippen molar-refractivity contribution in [3.63, 3.8) is 0 Å². The Morgan fingerprint density at radius 3 is 2.16 bits per heavy atom. The van der Waals surface area contributed by atoms with E-state index < -0.39 is 35.8 Å². The minimum Gasteiger partial charge on any atom is -0.480 e. The first-order valence-electron chi connectivity index (χ1n) is 14.6. The normalized spacial score (nSPS) is 13.6. The van der Waals surface area contributed by atoms with Crippen LogP contribution in [0.3, 0.4) is 0 Å². The highest BCUT2D eigenvalue weighted by atomic mass is 32.2. The van der Waals surface area contributed by atoms with Gasteiger partial charge >= 0.3 is 18.2 Å². The number of benzene rings is 2. The Balaban J connectivity index is 1.22. The number of ether oxygens (including phenoxy) is 2. The number of fused-ring (bicyclic) bond motifs is 3. The zero-order chi connectivity index (χ0) is 32.7. The van der Waals surface area contributed by atoms with Crippen LogP contribution in [0.4, 0.5) is 9.59 Å². The number of hydrogen-bond donors (Lipinski definition) is 4. The van der Waals surface area contributed by atoms with E-state index in [0.717, 1.165) is 34.0 Å². The molecule has 4 rings (SSSR count). The molecular formula is C32H39N5O7S. The zero-order valence-electron chi connectivity index (χ0n) is 26.0. The maximum absolute atomic E-state index is 12.5. The fraction of sp³-hybridized carbons (Fsp3) is 0.406. The molecule has 12 nitrogen and oxygen atoms in total. The molecule has 0 aliphatic heterocycles. The van der Waals surface area contributed by atoms with Crippen LogP contribution in [-0.2, 0) is 19.1 Å². The van der Waals surface area contributed by atoms with E-state index in [2.05, 4.69) is 33.1 Å². The highest BCUT2D eigenvalue weighted by Gasteiger charge is 2.29. The van der Waals surface area contributed by atoms with E-state index in [9.17, 15) is 24.3 Å². The van der Waals surface area contributed by atoms with E-state index in [-0.39, 0.29) is 37.3 Å². The summed E-state index contributed by atoms with van der Waals surface area (Å²) in [6.07, 6.45) is 0.311. The number of hydrogen-bond acceptors (Lipinski definition) is 8. The summed E-state index contributed by atoms with van der Waals surface area (Å²) in [4.78, 5) is 53.3. The molecule has 0 saturated carbocycles. The molecule has 3 aromatic rings. The molecule has 0 radical (unpaired) electrons. The van der Waals surface area contributed by atoms with Crippen LogP contribution in [0.5, 0.6) is 0 Å². The van der Waals surface area contributed by atoms with E-state index in [4.69, 9.17) is 9.47 Å². The standard InChI is InChI=1S/C32H39N5O7S/c1-19(35-31(42)44-32(3,4)5)28-36-27(16-37(28)20(2)29(39)40)45-18-26(38)33-14-15-34-30(41)43-17-25-23-12-8-6-10-21(23)22-11-7-9-13-24(22)25/h6-13,16,19-20,25H,14-15,17-18H2,1-5H3,(H,33,38)(H,34,41)(H,35,42)(H,39,40)/t19-,20-/m0/s1. The Labute approximate surface area is 266 Å². The van der Waals surface area contributed by atoms with Crippen LogP contribution in [0.2, 0.25) is 0 Å². The average molecular weight is 638 g/mol. The Bertz CT molecular complexity index is 1510. The summed E-state index contributed by atoms with van der Waals surface area (Å²) in [6, 6.07) is 14.6. The maximum Gasteiger partial charge on any atom is 0.408 e. The number of rotatable bonds is 12. The van der Waals surface area contributed by atoms with Crippen molar-refractivity contribution in [3.05, 3.63) is 71.7 Å². The van der Waals surface area contributed by atoms with Gasteiger partial charge in [-0.15, -0.1) is 0 Å². The summed E-state index contributed by atoms with van der Waals surface area (Å²) in [5.41, 5.74) is 3.84. The number of nitrogens with zero attached hydrogens (tertiary/aromatic N) is 2. The quantitative estimate of drug-likeness (QED) is 0.161. The van der Waals surface area contributed by atoms with E-state index in [1.165, 1.54) is 17.7 Å². The summed E-state index contributed by atoms with van der Waals surface area (Å²) in [7, 11) is 0. The molecule has 0 bridgehead atoms. The van der Waals surface area contributed by atoms with Crippen molar-refractivity contribution in [2.45, 2.75) is 63.2 Å². The molecule has 0 unspecified atom stereocenters. The summed E-state index contributed by atoms with van der Waals surface area (Å²) in [5, 5.41) is 18.0. The number of carboxylic acids is 1. The van der Waals surface area contributed by atoms with E-state index in [1.54, 1.807) is 27.7 Å². The molecule has 45 heavy (non-hydrogen) atoms. The molecule has 0 saturated heterocycles. The molecule has 1 aromatic heterocycles. The number of aliphatic carboxylic acids is 1. The lowest BCUT2D eigenvalue weighted by molar-refractivity contribution is -0.140. The first-order valence-corrected chi connectivity index (χ1v) is 15.6. The van der Waals surface area contributed by atoms with Crippen LogP contribution >= 0.6 is 11.8 Å². The summed E-state index contributed by atoms with van der Waals surface area (Å²) in [6.45, 7) is 8.95. The van der Waals surface area contributed by atoms with Crippen LogP contribution in [0.25, 0.3) is 11.1 Å². The smallest absolute Gasteiger partial charge is 0.408 e. The van der Waals surface area contributed by atoms with Gasteiger partial charge in [0.25, 0.3) is 0 Å². The van der Waals surface area contributed by atoms with Crippen molar-refractivity contribution < 1.29 is 33.8 Å². The summed E-state index contributed by atoms with van der Waals surface area (Å²) < 4.78 is 12.3. The minimum atomic E-state index is -1.07. The van der Waals surface area contributed by atoms with Crippen LogP contribution in [0, 0.1) is 0 Å². The Morgan fingerprint density at radius 1 is 0.956 bits per heavy atom. The Morgan fingerprint density at radius 2 is 1.56 bits per heavy atom. The van der Waals surface area contributed by atoms with E-state index in [0.29, 0.717) is 10.9 Å². The topological polar surface area (TPSA) is 161 Å². The fourth-order valence-corrected chi connectivity index (χ4v) is 5.69. The van der Waals surface area contributed by atoms with Crippen molar-refractivity contribution in [3.8, 4) is 11.1 Å². The second-order valence-electron chi connectivity index (χ2n) is 11.6. The number of carboxylic acid groups (broad SMARTS) is 1. The van der Waals surface area contributed by atoms with Gasteiger partial charge in [-0.25, -0.2) is 19.4 Å². The van der Waals surface area contributed by atoms with Crippen molar-refractivity contribution in [1.82, 2.24) is 25.5 Å². The highest BCUT2D eigenvalue weighted by molar-refractivity contribution is 7.99. The maximum atomic E-state index is 12.5. The second kappa shape index (κ2) is 14.5. The van der Waals surface area contributed by atoms with Crippen LogP contribution in [0.1, 0.15) is 69.6 Å². The van der Waals surface area contributed by atoms with E-state index in [1.807, 2.05) is 36.4 Å². The third-order valence-corrected chi connectivity index (χ3v) is 7.94. The number of amides is 3. The minimum absolute atomic E-state index is 0.0106. The lowest BCUT2D eigenvalue weighted by Gasteiger charge is -2.22. The fourth-order valence-electron chi connectivity index (χ4n) is 4.96. The van der Waals surface area contributed by atoms with Gasteiger partial charge in [0.2, 0.25) is 5.91 Å². The molecule has 3 amide bonds. The molecule has 4 N–H and O–H groups in total. The van der Waals surface area contributed by atoms with Crippen molar-refractivity contribution in [2.24, 2.45) is 0 Å².